The molecule has 0 aromatic carbocycles. The molecule has 0 amide bonds. The van der Waals surface area contributed by atoms with Gasteiger partial charge in [0.25, 0.3) is 0 Å². The Morgan fingerprint density at radius 1 is 1.67 bits per heavy atom. The monoisotopic (exact) mass is 342 g/mol. The lowest BCUT2D eigenvalue weighted by atomic mass is 10.4. The molecule has 0 unspecified atom stereocenters. The lowest BCUT2D eigenvalue weighted by Crippen LogP contribution is -1.99. The first-order valence-corrected chi connectivity index (χ1v) is 5.80. The molecule has 12 heavy (non-hydrogen) atoms. The van der Waals surface area contributed by atoms with Crippen LogP contribution in [0.25, 0.3) is 0 Å². The van der Waals surface area contributed by atoms with Crippen LogP contribution in [0.5, 0.6) is 0 Å². The molecule has 0 heterocycles. The molecular weight excluding hydrogens is 331 g/mol. The standard InChI is InChI=1S/C8H12BrIN2/c1-5(11)7(10)8(9)12-4-6-2-3-6/h6H,2-4,11H2,1H3. The minimum atomic E-state index is 0.821. The highest BCUT2D eigenvalue weighted by molar-refractivity contribution is 14.1. The van der Waals surface area contributed by atoms with E-state index in [1.807, 2.05) is 6.92 Å². The van der Waals surface area contributed by atoms with Gasteiger partial charge in [-0.15, -0.1) is 0 Å². The first-order chi connectivity index (χ1) is 5.61. The van der Waals surface area contributed by atoms with E-state index < -0.39 is 0 Å². The molecule has 0 spiro atoms. The van der Waals surface area contributed by atoms with E-state index in [0.29, 0.717) is 0 Å². The van der Waals surface area contributed by atoms with E-state index in [9.17, 15) is 0 Å². The van der Waals surface area contributed by atoms with Crippen molar-refractivity contribution in [2.45, 2.75) is 19.8 Å². The molecule has 0 aromatic rings. The normalized spacial score (nSPS) is 20.8. The Morgan fingerprint density at radius 2 is 2.25 bits per heavy atom. The van der Waals surface area contributed by atoms with Crippen LogP contribution in [0, 0.1) is 5.92 Å². The first-order valence-electron chi connectivity index (χ1n) is 3.93. The zero-order valence-electron chi connectivity index (χ0n) is 6.98. The molecular formula is C8H12BrIN2. The van der Waals surface area contributed by atoms with E-state index in [4.69, 9.17) is 5.73 Å². The smallest absolute Gasteiger partial charge is 0.115 e. The Morgan fingerprint density at radius 3 is 2.67 bits per heavy atom. The molecule has 68 valence electrons. The second-order valence-electron chi connectivity index (χ2n) is 3.07. The number of hydrogen-bond donors (Lipinski definition) is 1. The largest absolute Gasteiger partial charge is 0.401 e. The lowest BCUT2D eigenvalue weighted by Gasteiger charge is -1.99. The van der Waals surface area contributed by atoms with E-state index in [0.717, 1.165) is 26.4 Å². The number of aliphatic imine (C=N–C) groups is 1. The van der Waals surface area contributed by atoms with E-state index in [1.54, 1.807) is 0 Å². The van der Waals surface area contributed by atoms with Crippen molar-refractivity contribution in [1.29, 1.82) is 0 Å². The molecule has 1 rings (SSSR count). The maximum absolute atomic E-state index is 5.62. The molecule has 0 atom stereocenters. The Labute approximate surface area is 95.0 Å². The molecule has 2 nitrogen and oxygen atoms in total. The molecule has 0 aliphatic heterocycles. The van der Waals surface area contributed by atoms with Crippen molar-refractivity contribution in [3.8, 4) is 0 Å². The number of nitrogens with zero attached hydrogens (tertiary/aromatic N) is 1. The van der Waals surface area contributed by atoms with Crippen molar-refractivity contribution in [3.05, 3.63) is 9.28 Å². The number of nitrogens with two attached hydrogens (primary N) is 1. The molecule has 1 saturated carbocycles. The predicted molar refractivity (Wildman–Crippen MR) is 64.9 cm³/mol. The zero-order chi connectivity index (χ0) is 9.14. The molecule has 1 aliphatic rings. The third kappa shape index (κ3) is 3.43. The van der Waals surface area contributed by atoms with Gasteiger partial charge in [0, 0.05) is 12.2 Å². The average molecular weight is 343 g/mol. The van der Waals surface area contributed by atoms with E-state index in [1.165, 1.54) is 12.8 Å². The molecule has 2 N–H and O–H groups in total. The van der Waals surface area contributed by atoms with Gasteiger partial charge < -0.3 is 5.73 Å². The molecule has 0 radical (unpaired) electrons. The lowest BCUT2D eigenvalue weighted by molar-refractivity contribution is 0.851. The summed E-state index contributed by atoms with van der Waals surface area (Å²) < 4.78 is 1.92. The maximum Gasteiger partial charge on any atom is 0.115 e. The van der Waals surface area contributed by atoms with Gasteiger partial charge in [0.2, 0.25) is 0 Å². The van der Waals surface area contributed by atoms with Gasteiger partial charge >= 0.3 is 0 Å². The summed E-state index contributed by atoms with van der Waals surface area (Å²) in [6.45, 7) is 2.83. The van der Waals surface area contributed by atoms with Crippen LogP contribution in [0.1, 0.15) is 19.8 Å². The second-order valence-corrected chi connectivity index (χ2v) is 4.90. The Bertz CT molecular complexity index is 227. The maximum atomic E-state index is 5.62. The number of halogens is 2. The van der Waals surface area contributed by atoms with Crippen molar-refractivity contribution < 1.29 is 0 Å². The van der Waals surface area contributed by atoms with Crippen LogP contribution in [0.2, 0.25) is 0 Å². The summed E-state index contributed by atoms with van der Waals surface area (Å²) >= 11 is 5.61. The number of hydrogen-bond acceptors (Lipinski definition) is 2. The first kappa shape index (κ1) is 10.5. The van der Waals surface area contributed by atoms with E-state index in [-0.39, 0.29) is 0 Å². The molecule has 1 aliphatic carbocycles. The van der Waals surface area contributed by atoms with Crippen LogP contribution in [0.3, 0.4) is 0 Å². The average Bonchev–Trinajstić information content (AvgIpc) is 2.81. The topological polar surface area (TPSA) is 38.4 Å². The fourth-order valence-electron chi connectivity index (χ4n) is 0.742. The minimum Gasteiger partial charge on any atom is -0.401 e. The van der Waals surface area contributed by atoms with Gasteiger partial charge in [0.1, 0.15) is 4.62 Å². The highest BCUT2D eigenvalue weighted by Gasteiger charge is 2.20. The highest BCUT2D eigenvalue weighted by Crippen LogP contribution is 2.29. The van der Waals surface area contributed by atoms with Crippen LogP contribution in [0.4, 0.5) is 0 Å². The predicted octanol–water partition coefficient (Wildman–Crippen LogP) is 2.82. The summed E-state index contributed by atoms with van der Waals surface area (Å²) in [5.74, 6) is 0.833. The SMILES string of the molecule is CC(N)=C(I)C(Br)=NCC1CC1. The van der Waals surface area contributed by atoms with E-state index in [2.05, 4.69) is 43.5 Å². The van der Waals surface area contributed by atoms with Gasteiger partial charge in [-0.25, -0.2) is 0 Å². The summed E-state index contributed by atoms with van der Waals surface area (Å²) in [5, 5.41) is 0. The van der Waals surface area contributed by atoms with Gasteiger partial charge in [0.15, 0.2) is 0 Å². The second kappa shape index (κ2) is 4.60. The van der Waals surface area contributed by atoms with Crippen molar-refractivity contribution >= 4 is 43.1 Å². The fourth-order valence-corrected chi connectivity index (χ4v) is 1.37. The van der Waals surface area contributed by atoms with Crippen LogP contribution >= 0.6 is 38.5 Å². The summed E-state index contributed by atoms with van der Waals surface area (Å²) in [4.78, 5) is 4.40. The number of allylic oxidation sites excluding steroid dienone is 2. The highest BCUT2D eigenvalue weighted by atomic mass is 127. The summed E-state index contributed by atoms with van der Waals surface area (Å²) in [7, 11) is 0. The van der Waals surface area contributed by atoms with Gasteiger partial charge in [0.05, 0.1) is 3.58 Å². The van der Waals surface area contributed by atoms with Crippen LogP contribution in [-0.4, -0.2) is 11.2 Å². The van der Waals surface area contributed by atoms with E-state index >= 15 is 0 Å². The third-order valence-corrected chi connectivity index (χ3v) is 4.46. The molecule has 4 heteroatoms. The molecule has 0 bridgehead atoms. The van der Waals surface area contributed by atoms with Crippen molar-refractivity contribution in [1.82, 2.24) is 0 Å². The van der Waals surface area contributed by atoms with Gasteiger partial charge in [-0.3, -0.25) is 4.99 Å². The van der Waals surface area contributed by atoms with Crippen LogP contribution in [-0.2, 0) is 0 Å². The van der Waals surface area contributed by atoms with Gasteiger partial charge in [-0.1, -0.05) is 0 Å². The van der Waals surface area contributed by atoms with Crippen LogP contribution in [0.15, 0.2) is 14.3 Å². The third-order valence-electron chi connectivity index (χ3n) is 1.71. The fraction of sp³-hybridized carbons (Fsp3) is 0.625. The Hall–Kier alpha value is 0.420. The van der Waals surface area contributed by atoms with Crippen molar-refractivity contribution in [2.24, 2.45) is 16.6 Å². The van der Waals surface area contributed by atoms with Crippen molar-refractivity contribution in [2.75, 3.05) is 6.54 Å². The summed E-state index contributed by atoms with van der Waals surface area (Å²) in [6.07, 6.45) is 2.68. The number of rotatable bonds is 3. The zero-order valence-corrected chi connectivity index (χ0v) is 10.7. The molecule has 0 saturated heterocycles. The molecule has 1 fully saturated rings. The summed E-state index contributed by atoms with van der Waals surface area (Å²) in [5.41, 5.74) is 6.44. The Kier molecular flexibility index (Phi) is 4.02. The van der Waals surface area contributed by atoms with Crippen molar-refractivity contribution in [3.63, 3.8) is 0 Å². The van der Waals surface area contributed by atoms with Crippen LogP contribution < -0.4 is 5.73 Å². The quantitative estimate of drug-likeness (QED) is 0.621. The van der Waals surface area contributed by atoms with Gasteiger partial charge in [-0.05, 0) is 64.2 Å². The minimum absolute atomic E-state index is 0.821. The summed E-state index contributed by atoms with van der Waals surface area (Å²) in [6, 6.07) is 0. The Balaban J connectivity index is 2.49. The molecule has 0 aromatic heterocycles. The van der Waals surface area contributed by atoms with Gasteiger partial charge in [-0.2, -0.15) is 0 Å².